The minimum absolute atomic E-state index is 0.539. The fraction of sp³-hybridized carbons (Fsp3) is 0.250. The zero-order valence-electron chi connectivity index (χ0n) is 9.42. The van der Waals surface area contributed by atoms with Crippen LogP contribution < -0.4 is 5.90 Å². The summed E-state index contributed by atoms with van der Waals surface area (Å²) in [7, 11) is 0. The molecule has 2 N–H and O–H groups in total. The monoisotopic (exact) mass is 217 g/mol. The maximum absolute atomic E-state index is 5.33. The molecule has 0 bridgehead atoms. The molecule has 0 atom stereocenters. The molecule has 0 unspecified atom stereocenters. The van der Waals surface area contributed by atoms with Crippen LogP contribution in [0.2, 0.25) is 0 Å². The number of benzene rings is 1. The average molecular weight is 217 g/mol. The lowest BCUT2D eigenvalue weighted by atomic mass is 9.96. The van der Waals surface area contributed by atoms with Gasteiger partial charge in [0, 0.05) is 18.0 Å². The minimum Gasteiger partial charge on any atom is -0.294 e. The highest BCUT2D eigenvalue weighted by atomic mass is 16.6. The highest BCUT2D eigenvalue weighted by Gasteiger charge is 2.24. The highest BCUT2D eigenvalue weighted by Crippen LogP contribution is 2.28. The van der Waals surface area contributed by atoms with E-state index in [1.165, 1.54) is 0 Å². The van der Waals surface area contributed by atoms with Crippen molar-refractivity contribution < 1.29 is 4.84 Å². The fourth-order valence-electron chi connectivity index (χ4n) is 1.66. The largest absolute Gasteiger partial charge is 0.294 e. The molecule has 2 rings (SSSR count). The van der Waals surface area contributed by atoms with E-state index in [1.54, 1.807) is 10.9 Å². The second-order valence-corrected chi connectivity index (χ2v) is 4.10. The van der Waals surface area contributed by atoms with Crippen molar-refractivity contribution >= 4 is 0 Å². The van der Waals surface area contributed by atoms with E-state index in [0.29, 0.717) is 0 Å². The average Bonchev–Trinajstić information content (AvgIpc) is 2.82. The van der Waals surface area contributed by atoms with Crippen molar-refractivity contribution in [3.63, 3.8) is 0 Å². The second-order valence-electron chi connectivity index (χ2n) is 4.10. The lowest BCUT2D eigenvalue weighted by Gasteiger charge is -2.24. The number of aromatic nitrogens is 2. The van der Waals surface area contributed by atoms with Gasteiger partial charge in [0.15, 0.2) is 0 Å². The molecule has 1 aromatic carbocycles. The van der Waals surface area contributed by atoms with E-state index in [9.17, 15) is 0 Å². The number of nitrogens with zero attached hydrogens (tertiary/aromatic N) is 2. The Bertz CT molecular complexity index is 463. The first-order valence-electron chi connectivity index (χ1n) is 5.12. The summed E-state index contributed by atoms with van der Waals surface area (Å²) >= 11 is 0. The van der Waals surface area contributed by atoms with Crippen molar-refractivity contribution in [2.24, 2.45) is 5.90 Å². The van der Waals surface area contributed by atoms with Crippen LogP contribution in [0.15, 0.2) is 42.7 Å². The summed E-state index contributed by atoms with van der Waals surface area (Å²) in [5, 5.41) is 4.22. The summed E-state index contributed by atoms with van der Waals surface area (Å²) < 4.78 is 1.80. The maximum Gasteiger partial charge on any atom is 0.111 e. The molecule has 0 fully saturated rings. The lowest BCUT2D eigenvalue weighted by molar-refractivity contribution is -0.0236. The normalized spacial score (nSPS) is 11.7. The Kier molecular flexibility index (Phi) is 2.77. The molecule has 2 aromatic rings. The Balaban J connectivity index is 2.55. The molecule has 1 aromatic heterocycles. The zero-order valence-corrected chi connectivity index (χ0v) is 9.42. The number of rotatable bonds is 3. The van der Waals surface area contributed by atoms with Crippen LogP contribution in [0, 0.1) is 0 Å². The first-order valence-corrected chi connectivity index (χ1v) is 5.12. The van der Waals surface area contributed by atoms with Gasteiger partial charge in [0.05, 0.1) is 5.69 Å². The van der Waals surface area contributed by atoms with E-state index < -0.39 is 5.60 Å². The van der Waals surface area contributed by atoms with E-state index in [4.69, 9.17) is 10.7 Å². The van der Waals surface area contributed by atoms with Gasteiger partial charge in [-0.3, -0.25) is 4.84 Å². The summed E-state index contributed by atoms with van der Waals surface area (Å²) in [5.74, 6) is 5.33. The first-order chi connectivity index (χ1) is 7.65. The van der Waals surface area contributed by atoms with Crippen molar-refractivity contribution in [2.75, 3.05) is 0 Å². The smallest absolute Gasteiger partial charge is 0.111 e. The van der Waals surface area contributed by atoms with Gasteiger partial charge in [-0.1, -0.05) is 18.2 Å². The molecule has 1 heterocycles. The SMILES string of the molecule is CC(C)(ON)c1ccccc1-n1cccn1. The third-order valence-electron chi connectivity index (χ3n) is 2.60. The van der Waals surface area contributed by atoms with Crippen molar-refractivity contribution in [1.82, 2.24) is 9.78 Å². The molecule has 0 saturated heterocycles. The maximum atomic E-state index is 5.33. The Morgan fingerprint density at radius 1 is 1.25 bits per heavy atom. The van der Waals surface area contributed by atoms with Gasteiger partial charge in [-0.25, -0.2) is 10.6 Å². The summed E-state index contributed by atoms with van der Waals surface area (Å²) in [5.41, 5.74) is 1.44. The summed E-state index contributed by atoms with van der Waals surface area (Å²) in [4.78, 5) is 5.02. The van der Waals surface area contributed by atoms with Crippen LogP contribution in [0.4, 0.5) is 0 Å². The molecular weight excluding hydrogens is 202 g/mol. The number of hydrogen-bond donors (Lipinski definition) is 1. The van der Waals surface area contributed by atoms with Gasteiger partial charge in [0.1, 0.15) is 5.60 Å². The van der Waals surface area contributed by atoms with Crippen LogP contribution >= 0.6 is 0 Å². The predicted octanol–water partition coefficient (Wildman–Crippen LogP) is 2.00. The van der Waals surface area contributed by atoms with E-state index >= 15 is 0 Å². The Labute approximate surface area is 94.6 Å². The molecule has 4 heteroatoms. The van der Waals surface area contributed by atoms with E-state index in [0.717, 1.165) is 11.3 Å². The zero-order chi connectivity index (χ0) is 11.6. The van der Waals surface area contributed by atoms with Crippen LogP contribution in [0.25, 0.3) is 5.69 Å². The topological polar surface area (TPSA) is 53.1 Å². The number of nitrogens with two attached hydrogens (primary N) is 1. The van der Waals surface area contributed by atoms with Crippen LogP contribution in [-0.4, -0.2) is 9.78 Å². The van der Waals surface area contributed by atoms with Gasteiger partial charge in [0.25, 0.3) is 0 Å². The van der Waals surface area contributed by atoms with Gasteiger partial charge in [-0.15, -0.1) is 0 Å². The van der Waals surface area contributed by atoms with Crippen LogP contribution in [0.5, 0.6) is 0 Å². The van der Waals surface area contributed by atoms with Gasteiger partial charge in [-0.2, -0.15) is 5.10 Å². The Morgan fingerprint density at radius 3 is 2.62 bits per heavy atom. The van der Waals surface area contributed by atoms with Gasteiger partial charge in [-0.05, 0) is 26.0 Å². The summed E-state index contributed by atoms with van der Waals surface area (Å²) in [6.45, 7) is 3.85. The third-order valence-corrected chi connectivity index (χ3v) is 2.60. The van der Waals surface area contributed by atoms with Crippen LogP contribution in [-0.2, 0) is 10.4 Å². The van der Waals surface area contributed by atoms with E-state index in [1.807, 2.05) is 50.4 Å². The molecule has 84 valence electrons. The van der Waals surface area contributed by atoms with Crippen molar-refractivity contribution in [3.8, 4) is 5.69 Å². The van der Waals surface area contributed by atoms with E-state index in [-0.39, 0.29) is 0 Å². The number of hydrogen-bond acceptors (Lipinski definition) is 3. The first kappa shape index (κ1) is 10.9. The van der Waals surface area contributed by atoms with Crippen molar-refractivity contribution in [1.29, 1.82) is 0 Å². The molecule has 0 spiro atoms. The van der Waals surface area contributed by atoms with Crippen LogP contribution in [0.3, 0.4) is 0 Å². The number of para-hydroxylation sites is 1. The van der Waals surface area contributed by atoms with Gasteiger partial charge < -0.3 is 0 Å². The van der Waals surface area contributed by atoms with E-state index in [2.05, 4.69) is 5.10 Å². The molecule has 0 amide bonds. The summed E-state index contributed by atoms with van der Waals surface area (Å²) in [6, 6.07) is 9.79. The second kappa shape index (κ2) is 4.08. The minimum atomic E-state index is -0.539. The third kappa shape index (κ3) is 1.85. The van der Waals surface area contributed by atoms with Crippen molar-refractivity contribution in [2.45, 2.75) is 19.4 Å². The fourth-order valence-corrected chi connectivity index (χ4v) is 1.66. The Hall–Kier alpha value is -1.65. The lowest BCUT2D eigenvalue weighted by Crippen LogP contribution is -2.27. The molecule has 0 aliphatic carbocycles. The molecule has 16 heavy (non-hydrogen) atoms. The molecule has 0 aliphatic heterocycles. The molecule has 0 radical (unpaired) electrons. The standard InChI is InChI=1S/C12H15N3O/c1-12(2,16-13)10-6-3-4-7-11(10)15-9-5-8-14-15/h3-9H,13H2,1-2H3. The van der Waals surface area contributed by atoms with Crippen LogP contribution in [0.1, 0.15) is 19.4 Å². The molecule has 0 aliphatic rings. The van der Waals surface area contributed by atoms with Crippen molar-refractivity contribution in [3.05, 3.63) is 48.3 Å². The van der Waals surface area contributed by atoms with Gasteiger partial charge in [0.2, 0.25) is 0 Å². The highest BCUT2D eigenvalue weighted by molar-refractivity contribution is 5.43. The quantitative estimate of drug-likeness (QED) is 0.800. The summed E-state index contributed by atoms with van der Waals surface area (Å²) in [6.07, 6.45) is 3.64. The molecule has 0 saturated carbocycles. The molecular formula is C12H15N3O. The predicted molar refractivity (Wildman–Crippen MR) is 61.9 cm³/mol. The molecule has 4 nitrogen and oxygen atoms in total. The Morgan fingerprint density at radius 2 is 2.00 bits per heavy atom. The van der Waals surface area contributed by atoms with Gasteiger partial charge >= 0.3 is 0 Å².